The van der Waals surface area contributed by atoms with Gasteiger partial charge < -0.3 is 14.2 Å². The summed E-state index contributed by atoms with van der Waals surface area (Å²) >= 11 is 11.9. The maximum absolute atomic E-state index is 12.2. The van der Waals surface area contributed by atoms with E-state index in [9.17, 15) is 4.79 Å². The lowest BCUT2D eigenvalue weighted by Crippen LogP contribution is -2.06. The molecule has 0 spiro atoms. The van der Waals surface area contributed by atoms with Gasteiger partial charge in [0.1, 0.15) is 11.8 Å². The Morgan fingerprint density at radius 3 is 2.83 bits per heavy atom. The minimum absolute atomic E-state index is 0.0923. The number of aromatic nitrogens is 1. The van der Waals surface area contributed by atoms with Gasteiger partial charge >= 0.3 is 5.97 Å². The SMILES string of the molecule is O=C(OCc1ccc(Cl)nc1)c1cc(Cl)c2c(c1)OCCCO2. The molecule has 0 radical (unpaired) electrons. The first-order valence-corrected chi connectivity index (χ1v) is 7.76. The second kappa shape index (κ2) is 7.06. The van der Waals surface area contributed by atoms with Gasteiger partial charge in [0.05, 0.1) is 23.8 Å². The molecule has 0 aliphatic carbocycles. The van der Waals surface area contributed by atoms with Crippen LogP contribution >= 0.6 is 23.2 Å². The van der Waals surface area contributed by atoms with Crippen molar-refractivity contribution >= 4 is 29.2 Å². The van der Waals surface area contributed by atoms with Crippen molar-refractivity contribution in [3.8, 4) is 11.5 Å². The maximum Gasteiger partial charge on any atom is 0.338 e. The fourth-order valence-electron chi connectivity index (χ4n) is 2.07. The number of hydrogen-bond donors (Lipinski definition) is 0. The van der Waals surface area contributed by atoms with Crippen molar-refractivity contribution in [3.05, 3.63) is 51.8 Å². The summed E-state index contributed by atoms with van der Waals surface area (Å²) in [4.78, 5) is 16.1. The van der Waals surface area contributed by atoms with Gasteiger partial charge in [-0.25, -0.2) is 9.78 Å². The molecule has 0 N–H and O–H groups in total. The molecule has 0 atom stereocenters. The second-order valence-corrected chi connectivity index (χ2v) is 5.70. The van der Waals surface area contributed by atoms with Crippen molar-refractivity contribution in [2.24, 2.45) is 0 Å². The van der Waals surface area contributed by atoms with Crippen molar-refractivity contribution in [3.63, 3.8) is 0 Å². The van der Waals surface area contributed by atoms with Crippen LogP contribution in [0.4, 0.5) is 0 Å². The molecule has 1 aromatic carbocycles. The number of fused-ring (bicyclic) bond motifs is 1. The predicted molar refractivity (Wildman–Crippen MR) is 85.4 cm³/mol. The smallest absolute Gasteiger partial charge is 0.338 e. The lowest BCUT2D eigenvalue weighted by molar-refractivity contribution is 0.0472. The molecule has 3 rings (SSSR count). The molecule has 0 fully saturated rings. The Balaban J connectivity index is 1.73. The molecule has 23 heavy (non-hydrogen) atoms. The van der Waals surface area contributed by atoms with Gasteiger partial charge in [-0.2, -0.15) is 0 Å². The Labute approximate surface area is 143 Å². The van der Waals surface area contributed by atoms with Crippen LogP contribution in [0.3, 0.4) is 0 Å². The van der Waals surface area contributed by atoms with Crippen LogP contribution in [0, 0.1) is 0 Å². The molecule has 1 aliphatic heterocycles. The third kappa shape index (κ3) is 3.86. The van der Waals surface area contributed by atoms with Crippen LogP contribution in [-0.2, 0) is 11.3 Å². The first-order valence-electron chi connectivity index (χ1n) is 7.00. The summed E-state index contributed by atoms with van der Waals surface area (Å²) in [6.07, 6.45) is 2.31. The molecule has 1 aliphatic rings. The zero-order valence-electron chi connectivity index (χ0n) is 12.1. The molecular formula is C16H13Cl2NO4. The summed E-state index contributed by atoms with van der Waals surface area (Å²) in [5, 5.41) is 0.708. The van der Waals surface area contributed by atoms with Crippen LogP contribution in [0.15, 0.2) is 30.5 Å². The van der Waals surface area contributed by atoms with E-state index in [2.05, 4.69) is 4.98 Å². The average Bonchev–Trinajstić information content (AvgIpc) is 2.80. The predicted octanol–water partition coefficient (Wildman–Crippen LogP) is 3.91. The Bertz CT molecular complexity index is 719. The van der Waals surface area contributed by atoms with E-state index in [1.54, 1.807) is 24.4 Å². The first kappa shape index (κ1) is 15.9. The van der Waals surface area contributed by atoms with Gasteiger partial charge in [0.25, 0.3) is 0 Å². The Morgan fingerprint density at radius 1 is 1.22 bits per heavy atom. The lowest BCUT2D eigenvalue weighted by Gasteiger charge is -2.11. The average molecular weight is 354 g/mol. The van der Waals surface area contributed by atoms with Crippen molar-refractivity contribution < 1.29 is 19.0 Å². The van der Waals surface area contributed by atoms with Crippen LogP contribution in [0.25, 0.3) is 0 Å². The van der Waals surface area contributed by atoms with E-state index in [4.69, 9.17) is 37.4 Å². The fraction of sp³-hybridized carbons (Fsp3) is 0.250. The minimum atomic E-state index is -0.502. The largest absolute Gasteiger partial charge is 0.489 e. The highest BCUT2D eigenvalue weighted by Gasteiger charge is 2.19. The number of esters is 1. The van der Waals surface area contributed by atoms with Gasteiger partial charge in [-0.05, 0) is 18.2 Å². The van der Waals surface area contributed by atoms with E-state index in [1.165, 1.54) is 6.07 Å². The van der Waals surface area contributed by atoms with Gasteiger partial charge in [0.15, 0.2) is 11.5 Å². The number of benzene rings is 1. The summed E-state index contributed by atoms with van der Waals surface area (Å²) in [5.41, 5.74) is 1.05. The van der Waals surface area contributed by atoms with Crippen LogP contribution in [0.1, 0.15) is 22.3 Å². The third-order valence-corrected chi connectivity index (χ3v) is 3.70. The summed E-state index contributed by atoms with van der Waals surface area (Å²) in [7, 11) is 0. The summed E-state index contributed by atoms with van der Waals surface area (Å²) in [6.45, 7) is 1.13. The number of carbonyl (C=O) groups excluding carboxylic acids is 1. The van der Waals surface area contributed by atoms with Crippen molar-refractivity contribution in [2.75, 3.05) is 13.2 Å². The molecule has 2 aromatic rings. The topological polar surface area (TPSA) is 57.7 Å². The van der Waals surface area contributed by atoms with E-state index in [1.807, 2.05) is 0 Å². The van der Waals surface area contributed by atoms with Crippen LogP contribution in [0.5, 0.6) is 11.5 Å². The summed E-state index contributed by atoms with van der Waals surface area (Å²) in [5.74, 6) is 0.412. The standard InChI is InChI=1S/C16H13Cl2NO4/c17-12-6-11(7-13-15(12)22-5-1-4-21-13)16(20)23-9-10-2-3-14(18)19-8-10/h2-3,6-8H,1,4-5,9H2. The van der Waals surface area contributed by atoms with E-state index in [0.29, 0.717) is 40.5 Å². The van der Waals surface area contributed by atoms with Gasteiger partial charge in [0.2, 0.25) is 0 Å². The zero-order valence-corrected chi connectivity index (χ0v) is 13.6. The van der Waals surface area contributed by atoms with E-state index in [-0.39, 0.29) is 6.61 Å². The fourth-order valence-corrected chi connectivity index (χ4v) is 2.45. The van der Waals surface area contributed by atoms with Gasteiger partial charge in [-0.15, -0.1) is 0 Å². The normalized spacial score (nSPS) is 13.3. The number of pyridine rings is 1. The quantitative estimate of drug-likeness (QED) is 0.618. The summed E-state index contributed by atoms with van der Waals surface area (Å²) in [6, 6.07) is 6.46. The van der Waals surface area contributed by atoms with E-state index in [0.717, 1.165) is 12.0 Å². The Morgan fingerprint density at radius 2 is 2.04 bits per heavy atom. The van der Waals surface area contributed by atoms with Crippen molar-refractivity contribution in [2.45, 2.75) is 13.0 Å². The molecule has 5 nitrogen and oxygen atoms in total. The highest BCUT2D eigenvalue weighted by Crippen LogP contribution is 2.38. The molecule has 7 heteroatoms. The molecule has 0 amide bonds. The second-order valence-electron chi connectivity index (χ2n) is 4.90. The van der Waals surface area contributed by atoms with Crippen molar-refractivity contribution in [1.82, 2.24) is 4.98 Å². The van der Waals surface area contributed by atoms with Crippen LogP contribution < -0.4 is 9.47 Å². The van der Waals surface area contributed by atoms with E-state index < -0.39 is 5.97 Å². The lowest BCUT2D eigenvalue weighted by atomic mass is 10.2. The maximum atomic E-state index is 12.2. The van der Waals surface area contributed by atoms with Crippen LogP contribution in [-0.4, -0.2) is 24.2 Å². The van der Waals surface area contributed by atoms with E-state index >= 15 is 0 Å². The molecule has 0 saturated carbocycles. The monoisotopic (exact) mass is 353 g/mol. The Hall–Kier alpha value is -1.98. The van der Waals surface area contributed by atoms with Crippen LogP contribution in [0.2, 0.25) is 10.2 Å². The molecular weight excluding hydrogens is 341 g/mol. The van der Waals surface area contributed by atoms with Crippen molar-refractivity contribution in [1.29, 1.82) is 0 Å². The molecule has 0 unspecified atom stereocenters. The molecule has 0 saturated heterocycles. The molecule has 2 heterocycles. The first-order chi connectivity index (χ1) is 11.1. The van der Waals surface area contributed by atoms with Gasteiger partial charge in [-0.1, -0.05) is 29.3 Å². The molecule has 0 bridgehead atoms. The number of hydrogen-bond acceptors (Lipinski definition) is 5. The molecule has 120 valence electrons. The highest BCUT2D eigenvalue weighted by atomic mass is 35.5. The number of nitrogens with zero attached hydrogens (tertiary/aromatic N) is 1. The van der Waals surface area contributed by atoms with Gasteiger partial charge in [0, 0.05) is 18.2 Å². The number of halogens is 2. The zero-order chi connectivity index (χ0) is 16.2. The summed E-state index contributed by atoms with van der Waals surface area (Å²) < 4.78 is 16.3. The number of ether oxygens (including phenoxy) is 3. The number of rotatable bonds is 3. The number of carbonyl (C=O) groups is 1. The highest BCUT2D eigenvalue weighted by molar-refractivity contribution is 6.32. The third-order valence-electron chi connectivity index (χ3n) is 3.20. The minimum Gasteiger partial charge on any atom is -0.489 e. The van der Waals surface area contributed by atoms with Gasteiger partial charge in [-0.3, -0.25) is 0 Å². The molecule has 1 aromatic heterocycles. The Kier molecular flexibility index (Phi) is 4.88.